The molecule has 10 heteroatoms. The molecule has 2 aromatic rings. The molecular weight excluding hydrogens is 337 g/mol. The van der Waals surface area contributed by atoms with Crippen molar-refractivity contribution >= 4 is 23.7 Å². The molecule has 0 radical (unpaired) electrons. The fraction of sp³-hybridized carbons (Fsp3) is 0.417. The Kier molecular flexibility index (Phi) is 5.41. The molecule has 2 aromatic heterocycles. The molecule has 0 atom stereocenters. The maximum absolute atomic E-state index is 10.7. The molecule has 0 amide bonds. The van der Waals surface area contributed by atoms with Crippen LogP contribution < -0.4 is 4.57 Å². The number of rotatable bonds is 2. The summed E-state index contributed by atoms with van der Waals surface area (Å²) >= 11 is 0. The average molecular weight is 354 g/mol. The molecule has 5 nitrogen and oxygen atoms in total. The van der Waals surface area contributed by atoms with E-state index in [0.29, 0.717) is 0 Å². The van der Waals surface area contributed by atoms with E-state index in [1.807, 2.05) is 0 Å². The van der Waals surface area contributed by atoms with Crippen molar-refractivity contribution < 1.29 is 30.7 Å². The van der Waals surface area contributed by atoms with E-state index in [9.17, 15) is 13.2 Å². The lowest BCUT2D eigenvalue weighted by Crippen LogP contribution is -2.46. The fourth-order valence-corrected chi connectivity index (χ4v) is 2.95. The molecule has 2 rings (SSSR count). The van der Waals surface area contributed by atoms with Crippen LogP contribution in [-0.2, 0) is 16.3 Å². The molecule has 0 saturated carbocycles. The Morgan fingerprint density at radius 1 is 1.27 bits per heavy atom. The highest BCUT2D eigenvalue weighted by Gasteiger charge is 2.36. The first-order chi connectivity index (χ1) is 9.79. The summed E-state index contributed by atoms with van der Waals surface area (Å²) in [5.41, 5.74) is -4.38. The van der Waals surface area contributed by atoms with Crippen LogP contribution in [-0.4, -0.2) is 31.0 Å². The van der Waals surface area contributed by atoms with Gasteiger partial charge in [0.15, 0.2) is 10.1 Å². The normalized spacial score (nSPS) is 12.9. The van der Waals surface area contributed by atoms with Gasteiger partial charge >= 0.3 is 5.51 Å². The predicted octanol–water partition coefficient (Wildman–Crippen LogP) is 2.16. The van der Waals surface area contributed by atoms with Crippen LogP contribution >= 0.6 is 0 Å². The summed E-state index contributed by atoms with van der Waals surface area (Å²) < 4.78 is 63.4. The van der Waals surface area contributed by atoms with Crippen molar-refractivity contribution in [2.75, 3.05) is 0 Å². The second-order valence-electron chi connectivity index (χ2n) is 5.90. The lowest BCUT2D eigenvalue weighted by molar-refractivity contribution is -0.684. The van der Waals surface area contributed by atoms with Crippen LogP contribution in [0.25, 0.3) is 5.52 Å². The maximum Gasteiger partial charge on any atom is 0.485 e. The number of fused-ring (bicyclic) bond motifs is 1. The summed E-state index contributed by atoms with van der Waals surface area (Å²) in [5.74, 6) is 0. The van der Waals surface area contributed by atoms with Gasteiger partial charge in [-0.25, -0.2) is 17.4 Å². The molecule has 0 N–H and O–H groups in total. The molecule has 0 aliphatic heterocycles. The van der Waals surface area contributed by atoms with Crippen LogP contribution in [0.1, 0.15) is 0 Å². The van der Waals surface area contributed by atoms with E-state index in [1.165, 1.54) is 11.7 Å². The molecule has 0 saturated heterocycles. The van der Waals surface area contributed by atoms with Crippen LogP contribution in [0.5, 0.6) is 0 Å². The highest BCUT2D eigenvalue weighted by molar-refractivity contribution is 7.86. The third-order valence-corrected chi connectivity index (χ3v) is 4.34. The minimum Gasteiger partial charge on any atom is -0.741 e. The lowest BCUT2D eigenvalue weighted by Gasteiger charge is -2.13. The summed E-state index contributed by atoms with van der Waals surface area (Å²) in [6.07, 6.45) is 7.62. The molecule has 22 heavy (non-hydrogen) atoms. The van der Waals surface area contributed by atoms with Gasteiger partial charge < -0.3 is 4.55 Å². The Bertz CT molecular complexity index is 736. The third kappa shape index (κ3) is 5.77. The topological polar surface area (TPSA) is 65.5 Å². The van der Waals surface area contributed by atoms with Gasteiger partial charge in [0.05, 0.1) is 26.6 Å². The number of hydrogen-bond donors (Lipinski definition) is 0. The largest absolute Gasteiger partial charge is 0.741 e. The zero-order valence-electron chi connectivity index (χ0n) is 12.3. The highest BCUT2D eigenvalue weighted by atomic mass is 32.2. The van der Waals surface area contributed by atoms with Gasteiger partial charge in [-0.15, -0.1) is 0 Å². The van der Waals surface area contributed by atoms with Gasteiger partial charge in [0.1, 0.15) is 5.52 Å². The van der Waals surface area contributed by atoms with E-state index in [2.05, 4.69) is 65.5 Å². The van der Waals surface area contributed by atoms with Crippen molar-refractivity contribution in [2.24, 2.45) is 0 Å². The monoisotopic (exact) mass is 354 g/mol. The quantitative estimate of drug-likeness (QED) is 0.359. The predicted molar refractivity (Wildman–Crippen MR) is 76.7 cm³/mol. The second-order valence-corrected chi connectivity index (χ2v) is 12.7. The van der Waals surface area contributed by atoms with E-state index < -0.39 is 23.7 Å². The smallest absolute Gasteiger partial charge is 0.485 e. The Balaban J connectivity index is 0.000000261. The first-order valence-electron chi connectivity index (χ1n) is 6.27. The SMILES string of the molecule is C[Si](C)(C)C[n+]1ccc2cccn2c1.O=S(=O)([O-])C(F)(F)F. The van der Waals surface area contributed by atoms with E-state index in [4.69, 9.17) is 13.0 Å². The molecule has 0 fully saturated rings. The van der Waals surface area contributed by atoms with Gasteiger partial charge in [-0.2, -0.15) is 13.2 Å². The molecule has 0 aliphatic rings. The van der Waals surface area contributed by atoms with Crippen LogP contribution in [0.2, 0.25) is 19.6 Å². The van der Waals surface area contributed by atoms with Gasteiger partial charge in [0.2, 0.25) is 6.33 Å². The fourth-order valence-electron chi connectivity index (χ4n) is 1.66. The zero-order chi connectivity index (χ0) is 17.2. The van der Waals surface area contributed by atoms with E-state index >= 15 is 0 Å². The zero-order valence-corrected chi connectivity index (χ0v) is 14.1. The molecule has 0 bridgehead atoms. The summed E-state index contributed by atoms with van der Waals surface area (Å²) in [6.45, 7) is 7.17. The van der Waals surface area contributed by atoms with Crippen molar-refractivity contribution in [3.63, 3.8) is 0 Å². The number of hydrogen-bond acceptors (Lipinski definition) is 3. The highest BCUT2D eigenvalue weighted by Crippen LogP contribution is 2.20. The summed E-state index contributed by atoms with van der Waals surface area (Å²) in [6, 6.07) is 6.37. The molecule has 0 aliphatic carbocycles. The van der Waals surface area contributed by atoms with Crippen LogP contribution in [0.4, 0.5) is 13.2 Å². The minimum atomic E-state index is -6.09. The minimum absolute atomic E-state index is 1.02. The first-order valence-corrected chi connectivity index (χ1v) is 11.4. The lowest BCUT2D eigenvalue weighted by atomic mass is 10.5. The van der Waals surface area contributed by atoms with Gasteiger partial charge in [0.25, 0.3) is 0 Å². The van der Waals surface area contributed by atoms with Gasteiger partial charge in [0, 0.05) is 6.07 Å². The van der Waals surface area contributed by atoms with Crippen molar-refractivity contribution in [1.82, 2.24) is 4.40 Å². The summed E-state index contributed by atoms with van der Waals surface area (Å²) in [5, 5.41) is 0. The molecule has 0 aromatic carbocycles. The Labute approximate surface area is 127 Å². The maximum atomic E-state index is 10.7. The number of halogens is 3. The number of nitrogens with zero attached hydrogens (tertiary/aromatic N) is 2. The Morgan fingerprint density at radius 3 is 2.27 bits per heavy atom. The standard InChI is InChI=1S/C11H17N2Si.CHF3O3S/c1-14(2,3)10-12-8-6-11-5-4-7-13(11)9-12;2-1(3,4)8(5,6)7/h4-9H,10H2,1-3H3;(H,5,6,7)/q+1;/p-1. The van der Waals surface area contributed by atoms with Crippen molar-refractivity contribution in [3.05, 3.63) is 36.9 Å². The van der Waals surface area contributed by atoms with Crippen molar-refractivity contribution in [1.29, 1.82) is 0 Å². The van der Waals surface area contributed by atoms with Crippen molar-refractivity contribution in [2.45, 2.75) is 31.3 Å². The van der Waals surface area contributed by atoms with Gasteiger partial charge in [-0.05, 0) is 12.1 Å². The second kappa shape index (κ2) is 6.38. The van der Waals surface area contributed by atoms with Crippen LogP contribution in [0.15, 0.2) is 36.9 Å². The molecule has 0 spiro atoms. The summed E-state index contributed by atoms with van der Waals surface area (Å²) in [4.78, 5) is 0. The Hall–Kier alpha value is -1.39. The molecule has 2 heterocycles. The van der Waals surface area contributed by atoms with Gasteiger partial charge in [-0.3, -0.25) is 0 Å². The van der Waals surface area contributed by atoms with Crippen molar-refractivity contribution in [3.8, 4) is 0 Å². The molecular formula is C12H17F3N2O3SSi. The first kappa shape index (κ1) is 18.7. The molecule has 124 valence electrons. The number of alkyl halides is 3. The third-order valence-electron chi connectivity index (χ3n) is 2.46. The average Bonchev–Trinajstić information content (AvgIpc) is 2.71. The molecule has 0 unspecified atom stereocenters. The van der Waals surface area contributed by atoms with Crippen LogP contribution in [0, 0.1) is 0 Å². The van der Waals surface area contributed by atoms with Crippen LogP contribution in [0.3, 0.4) is 0 Å². The summed E-state index contributed by atoms with van der Waals surface area (Å²) in [7, 11) is -7.11. The van der Waals surface area contributed by atoms with E-state index in [0.717, 1.165) is 0 Å². The number of aromatic nitrogens is 2. The Morgan fingerprint density at radius 2 is 1.82 bits per heavy atom. The van der Waals surface area contributed by atoms with E-state index in [1.54, 1.807) is 0 Å². The van der Waals surface area contributed by atoms with Gasteiger partial charge in [-0.1, -0.05) is 19.6 Å². The van der Waals surface area contributed by atoms with E-state index in [-0.39, 0.29) is 0 Å².